The second-order valence-corrected chi connectivity index (χ2v) is 7.77. The van der Waals surface area contributed by atoms with Gasteiger partial charge in [-0.05, 0) is 56.9 Å². The van der Waals surface area contributed by atoms with Crippen LogP contribution in [-0.4, -0.2) is 38.1 Å². The molecule has 2 aliphatic rings. The van der Waals surface area contributed by atoms with E-state index in [-0.39, 0.29) is 16.9 Å². The van der Waals surface area contributed by atoms with E-state index >= 15 is 0 Å². The van der Waals surface area contributed by atoms with Crippen LogP contribution in [0.25, 0.3) is 0 Å². The van der Waals surface area contributed by atoms with Crippen LogP contribution in [0.4, 0.5) is 18.9 Å². The number of hydrogen-bond acceptors (Lipinski definition) is 3. The minimum absolute atomic E-state index is 0.212. The Morgan fingerprint density at radius 3 is 2.37 bits per heavy atom. The number of hydrogen-bond donors (Lipinski definition) is 0. The molecule has 2 heterocycles. The van der Waals surface area contributed by atoms with Gasteiger partial charge in [-0.2, -0.15) is 0 Å². The van der Waals surface area contributed by atoms with Crippen molar-refractivity contribution in [1.29, 1.82) is 0 Å². The largest absolute Gasteiger partial charge is 0.455 e. The Morgan fingerprint density at radius 2 is 1.63 bits per heavy atom. The number of piperidine rings is 1. The maximum Gasteiger partial charge on any atom is 0.162 e. The van der Waals surface area contributed by atoms with Gasteiger partial charge in [-0.3, -0.25) is 0 Å². The fraction of sp³-hybridized carbons (Fsp3) is 0.429. The van der Waals surface area contributed by atoms with Crippen LogP contribution < -0.4 is 9.64 Å². The molecule has 0 amide bonds. The van der Waals surface area contributed by atoms with Crippen LogP contribution in [0.2, 0.25) is 0 Å². The first kappa shape index (κ1) is 18.2. The average molecular weight is 376 g/mol. The second kappa shape index (κ2) is 7.08. The number of halogens is 3. The van der Waals surface area contributed by atoms with E-state index in [4.69, 9.17) is 4.74 Å². The van der Waals surface area contributed by atoms with Gasteiger partial charge in [0.15, 0.2) is 17.4 Å². The minimum atomic E-state index is -0.974. The highest BCUT2D eigenvalue weighted by Crippen LogP contribution is 2.44. The third-order valence-corrected chi connectivity index (χ3v) is 5.85. The molecule has 0 atom stereocenters. The highest BCUT2D eigenvalue weighted by Gasteiger charge is 2.40. The fourth-order valence-corrected chi connectivity index (χ4v) is 4.15. The highest BCUT2D eigenvalue weighted by molar-refractivity contribution is 5.61. The molecule has 0 radical (unpaired) electrons. The molecule has 2 fully saturated rings. The van der Waals surface area contributed by atoms with Crippen molar-refractivity contribution in [3.63, 3.8) is 0 Å². The monoisotopic (exact) mass is 376 g/mol. The Bertz CT molecular complexity index is 834. The molecule has 2 aliphatic heterocycles. The minimum Gasteiger partial charge on any atom is -0.455 e. The summed E-state index contributed by atoms with van der Waals surface area (Å²) in [7, 11) is 2.12. The summed E-state index contributed by atoms with van der Waals surface area (Å²) in [6.07, 6.45) is 3.23. The van der Waals surface area contributed by atoms with Crippen molar-refractivity contribution in [3.05, 3.63) is 53.8 Å². The molecule has 6 heteroatoms. The van der Waals surface area contributed by atoms with Gasteiger partial charge in [-0.15, -0.1) is 0 Å². The molecule has 2 aromatic rings. The van der Waals surface area contributed by atoms with E-state index in [1.54, 1.807) is 6.07 Å². The van der Waals surface area contributed by atoms with Gasteiger partial charge in [0.05, 0.1) is 5.69 Å². The molecule has 0 bridgehead atoms. The Kier molecular flexibility index (Phi) is 4.76. The molecule has 144 valence electrons. The fourth-order valence-electron chi connectivity index (χ4n) is 4.15. The van der Waals surface area contributed by atoms with Gasteiger partial charge in [0.1, 0.15) is 11.6 Å². The van der Waals surface area contributed by atoms with Crippen molar-refractivity contribution in [2.24, 2.45) is 5.41 Å². The summed E-state index contributed by atoms with van der Waals surface area (Å²) in [5.74, 6) is -1.85. The van der Waals surface area contributed by atoms with Crippen LogP contribution >= 0.6 is 0 Å². The third-order valence-electron chi connectivity index (χ3n) is 5.85. The highest BCUT2D eigenvalue weighted by atomic mass is 19.2. The molecule has 27 heavy (non-hydrogen) atoms. The van der Waals surface area contributed by atoms with E-state index in [0.29, 0.717) is 5.69 Å². The molecule has 3 nitrogen and oxygen atoms in total. The maximum absolute atomic E-state index is 14.0. The molecule has 2 saturated heterocycles. The first-order valence-electron chi connectivity index (χ1n) is 9.30. The predicted octanol–water partition coefficient (Wildman–Crippen LogP) is 4.82. The van der Waals surface area contributed by atoms with E-state index in [1.807, 2.05) is 0 Å². The topological polar surface area (TPSA) is 15.7 Å². The molecule has 2 aromatic carbocycles. The lowest BCUT2D eigenvalue weighted by Crippen LogP contribution is -2.39. The van der Waals surface area contributed by atoms with Crippen molar-refractivity contribution >= 4 is 5.69 Å². The van der Waals surface area contributed by atoms with Crippen molar-refractivity contribution in [2.75, 3.05) is 38.1 Å². The van der Waals surface area contributed by atoms with Crippen LogP contribution in [0.5, 0.6) is 11.5 Å². The van der Waals surface area contributed by atoms with Gasteiger partial charge in [-0.25, -0.2) is 13.2 Å². The number of nitrogens with zero attached hydrogens (tertiary/aromatic N) is 2. The quantitative estimate of drug-likeness (QED) is 0.764. The lowest BCUT2D eigenvalue weighted by atomic mass is 9.78. The molecule has 1 spiro atoms. The second-order valence-electron chi connectivity index (χ2n) is 7.77. The average Bonchev–Trinajstić information content (AvgIpc) is 3.05. The van der Waals surface area contributed by atoms with Crippen LogP contribution in [0, 0.1) is 22.9 Å². The summed E-state index contributed by atoms with van der Waals surface area (Å²) >= 11 is 0. The van der Waals surface area contributed by atoms with Crippen molar-refractivity contribution < 1.29 is 17.9 Å². The Morgan fingerprint density at radius 1 is 0.926 bits per heavy atom. The van der Waals surface area contributed by atoms with E-state index in [9.17, 15) is 13.2 Å². The number of benzene rings is 2. The zero-order valence-corrected chi connectivity index (χ0v) is 15.4. The van der Waals surface area contributed by atoms with Crippen LogP contribution in [0.15, 0.2) is 36.4 Å². The number of anilines is 1. The molecular weight excluding hydrogens is 353 g/mol. The van der Waals surface area contributed by atoms with E-state index < -0.39 is 17.5 Å². The van der Waals surface area contributed by atoms with Gasteiger partial charge < -0.3 is 14.5 Å². The van der Waals surface area contributed by atoms with Gasteiger partial charge >= 0.3 is 0 Å². The number of rotatable bonds is 3. The smallest absolute Gasteiger partial charge is 0.162 e. The summed E-state index contributed by atoms with van der Waals surface area (Å²) in [4.78, 5) is 4.40. The Balaban J connectivity index is 1.61. The summed E-state index contributed by atoms with van der Waals surface area (Å²) in [5, 5.41) is 0. The Hall–Kier alpha value is -2.21. The third kappa shape index (κ3) is 3.76. The zero-order chi connectivity index (χ0) is 19.0. The van der Waals surface area contributed by atoms with E-state index in [0.717, 1.165) is 51.5 Å². The maximum atomic E-state index is 14.0. The number of likely N-dealkylation sites (tertiary alicyclic amines) is 1. The predicted molar refractivity (Wildman–Crippen MR) is 98.8 cm³/mol. The summed E-state index contributed by atoms with van der Waals surface area (Å²) in [6, 6.07) is 7.90. The lowest BCUT2D eigenvalue weighted by Gasteiger charge is -2.38. The van der Waals surface area contributed by atoms with Gasteiger partial charge in [0, 0.05) is 31.3 Å². The van der Waals surface area contributed by atoms with Gasteiger partial charge in [0.25, 0.3) is 0 Å². The van der Waals surface area contributed by atoms with E-state index in [1.165, 1.54) is 24.3 Å². The van der Waals surface area contributed by atoms with Crippen LogP contribution in [0.1, 0.15) is 19.3 Å². The van der Waals surface area contributed by atoms with Crippen molar-refractivity contribution in [3.8, 4) is 11.5 Å². The molecule has 4 rings (SSSR count). The van der Waals surface area contributed by atoms with E-state index in [2.05, 4.69) is 16.8 Å². The summed E-state index contributed by atoms with van der Waals surface area (Å²) in [5.41, 5.74) is 0.738. The zero-order valence-electron chi connectivity index (χ0n) is 15.4. The van der Waals surface area contributed by atoms with Gasteiger partial charge in [-0.1, -0.05) is 6.07 Å². The van der Waals surface area contributed by atoms with Crippen molar-refractivity contribution in [2.45, 2.75) is 19.3 Å². The van der Waals surface area contributed by atoms with Crippen molar-refractivity contribution in [1.82, 2.24) is 4.90 Å². The SMILES string of the molecule is CN1CCC2(CC1)CCN(c1cc(F)c(F)cc1Oc1cccc(F)c1)C2. The van der Waals surface area contributed by atoms with Crippen LogP contribution in [0.3, 0.4) is 0 Å². The summed E-state index contributed by atoms with van der Waals surface area (Å²) in [6.45, 7) is 3.68. The molecule has 0 saturated carbocycles. The van der Waals surface area contributed by atoms with Gasteiger partial charge in [0.2, 0.25) is 0 Å². The molecule has 0 unspecified atom stereocenters. The lowest BCUT2D eigenvalue weighted by molar-refractivity contribution is 0.142. The first-order chi connectivity index (χ1) is 12.9. The number of ether oxygens (including phenoxy) is 1. The Labute approximate surface area is 157 Å². The normalized spacial score (nSPS) is 19.6. The molecule has 0 aliphatic carbocycles. The molecule has 0 aromatic heterocycles. The first-order valence-corrected chi connectivity index (χ1v) is 9.30. The molecular formula is C21H23F3N2O. The summed E-state index contributed by atoms with van der Waals surface area (Å²) < 4.78 is 47.0. The standard InChI is InChI=1S/C21H23F3N2O/c1-25-8-5-21(6-9-25)7-10-26(14-21)19-12-17(23)18(24)13-20(19)27-16-4-2-3-15(22)11-16/h2-4,11-13H,5-10,14H2,1H3. The molecule has 0 N–H and O–H groups in total. The van der Waals surface area contributed by atoms with Crippen LogP contribution in [-0.2, 0) is 0 Å².